The molecule has 194 valence electrons. The predicted octanol–water partition coefficient (Wildman–Crippen LogP) is 3.02. The van der Waals surface area contributed by atoms with E-state index in [4.69, 9.17) is 23.3 Å². The number of carbonyl (C=O) groups excluding carboxylic acids is 2. The molecule has 0 saturated carbocycles. The van der Waals surface area contributed by atoms with Crippen molar-refractivity contribution >= 4 is 35.8 Å². The Labute approximate surface area is 210 Å². The first-order chi connectivity index (χ1) is 16.0. The first-order valence-corrected chi connectivity index (χ1v) is 11.5. The summed E-state index contributed by atoms with van der Waals surface area (Å²) in [5.41, 5.74) is 6.32. The lowest BCUT2D eigenvalue weighted by atomic mass is 9.90. The molecule has 0 aromatic heterocycles. The Bertz CT molecular complexity index is 747. The number of hydrazine groups is 1. The number of hydrogen-bond acceptors (Lipinski definition) is 7. The van der Waals surface area contributed by atoms with Crippen molar-refractivity contribution in [2.45, 2.75) is 53.0 Å². The van der Waals surface area contributed by atoms with Crippen LogP contribution in [0.2, 0.25) is 5.02 Å². The minimum atomic E-state index is -0.0815. The number of carbonyl (C=O) groups is 2. The Hall–Kier alpha value is -2.46. The van der Waals surface area contributed by atoms with Crippen LogP contribution in [0.4, 0.5) is 5.69 Å². The van der Waals surface area contributed by atoms with Crippen molar-refractivity contribution in [3.63, 3.8) is 0 Å². The molecular weight excluding hydrogens is 454 g/mol. The third-order valence-corrected chi connectivity index (χ3v) is 4.41. The molecule has 1 rings (SSSR count). The van der Waals surface area contributed by atoms with Crippen molar-refractivity contribution in [3.8, 4) is 0 Å². The van der Waals surface area contributed by atoms with Gasteiger partial charge in [0.1, 0.15) is 12.6 Å². The maximum atomic E-state index is 11.9. The first-order valence-electron chi connectivity index (χ1n) is 11.1. The number of aldehydes is 1. The zero-order valence-electron chi connectivity index (χ0n) is 21.6. The van der Waals surface area contributed by atoms with Crippen molar-refractivity contribution in [2.75, 3.05) is 32.7 Å². The summed E-state index contributed by atoms with van der Waals surface area (Å²) in [7, 11) is 5.43. The molecule has 0 heterocycles. The number of nitrogens with two attached hydrogens (primary N) is 3. The van der Waals surface area contributed by atoms with Crippen LogP contribution >= 0.6 is 11.6 Å². The molecule has 0 spiro atoms. The third kappa shape index (κ3) is 19.0. The van der Waals surface area contributed by atoms with Gasteiger partial charge in [0.05, 0.1) is 5.69 Å². The molecule has 0 radical (unpaired) electrons. The first kappa shape index (κ1) is 33.7. The third-order valence-electron chi connectivity index (χ3n) is 4.18. The quantitative estimate of drug-likeness (QED) is 0.0699. The number of hydrogen-bond donors (Lipinski definition) is 4. The van der Waals surface area contributed by atoms with E-state index in [-0.39, 0.29) is 5.91 Å². The van der Waals surface area contributed by atoms with E-state index in [0.29, 0.717) is 29.1 Å². The Morgan fingerprint density at radius 1 is 1.21 bits per heavy atom. The zero-order valence-corrected chi connectivity index (χ0v) is 22.3. The van der Waals surface area contributed by atoms with Gasteiger partial charge in [-0.25, -0.2) is 5.84 Å². The second-order valence-corrected chi connectivity index (χ2v) is 9.22. The van der Waals surface area contributed by atoms with E-state index < -0.39 is 0 Å². The van der Waals surface area contributed by atoms with Gasteiger partial charge in [0.15, 0.2) is 0 Å². The lowest BCUT2D eigenvalue weighted by Gasteiger charge is -2.17. The topological polar surface area (TPSA) is 143 Å². The summed E-state index contributed by atoms with van der Waals surface area (Å²) in [6.45, 7) is 7.68. The number of amides is 1. The fourth-order valence-electron chi connectivity index (χ4n) is 2.54. The molecule has 0 atom stereocenters. The second-order valence-electron chi connectivity index (χ2n) is 8.78. The van der Waals surface area contributed by atoms with E-state index >= 15 is 0 Å². The summed E-state index contributed by atoms with van der Waals surface area (Å²) in [5.74, 6) is 10.8. The Kier molecular flexibility index (Phi) is 19.8. The Balaban J connectivity index is 0. The highest BCUT2D eigenvalue weighted by Crippen LogP contribution is 2.22. The van der Waals surface area contributed by atoms with Crippen LogP contribution in [0.15, 0.2) is 35.5 Å². The highest BCUT2D eigenvalue weighted by molar-refractivity contribution is 6.30. The van der Waals surface area contributed by atoms with Crippen LogP contribution < -0.4 is 27.7 Å². The summed E-state index contributed by atoms with van der Waals surface area (Å²) in [6, 6.07) is 5.18. The minimum absolute atomic E-state index is 0.0815. The van der Waals surface area contributed by atoms with Gasteiger partial charge in [-0.3, -0.25) is 9.80 Å². The van der Waals surface area contributed by atoms with Crippen molar-refractivity contribution in [1.82, 2.24) is 10.2 Å². The van der Waals surface area contributed by atoms with Gasteiger partial charge < -0.3 is 26.6 Å². The minimum Gasteiger partial charge on any atom is -0.352 e. The molecule has 1 aromatic carbocycles. The van der Waals surface area contributed by atoms with Gasteiger partial charge >= 0.3 is 0 Å². The van der Waals surface area contributed by atoms with Gasteiger partial charge in [-0.05, 0) is 63.2 Å². The molecular formula is C24H44ClN7O2. The highest BCUT2D eigenvalue weighted by Gasteiger charge is 2.09. The van der Waals surface area contributed by atoms with Crippen LogP contribution in [0.1, 0.15) is 52.0 Å². The van der Waals surface area contributed by atoms with E-state index in [2.05, 4.69) is 36.9 Å². The second kappa shape index (κ2) is 20.0. The summed E-state index contributed by atoms with van der Waals surface area (Å²) in [4.78, 5) is 23.8. The predicted molar refractivity (Wildman–Crippen MR) is 144 cm³/mol. The largest absolute Gasteiger partial charge is 0.352 e. The normalized spacial score (nSPS) is 11.0. The van der Waals surface area contributed by atoms with Gasteiger partial charge in [-0.1, -0.05) is 44.5 Å². The molecule has 34 heavy (non-hydrogen) atoms. The summed E-state index contributed by atoms with van der Waals surface area (Å²) < 4.78 is 0. The summed E-state index contributed by atoms with van der Waals surface area (Å²) in [5, 5.41) is 8.04. The standard InChI is InChI=1S/C15H23ClN6O.C8H16O.CH5N/c1-21(2)8-4-3-5-15(23)19-10-12-9-13(16)6-7-14(12)22(18)11-20-17;1-8(2,3)6-4-5-7-9;1-2/h3-4,6-7,9,11H,5,8,10,17-18H2,1-2H3,(H,19,23);7H,4-6H2,1-3H3;2H2,1H3/b4-3-,20-11-;;. The molecule has 0 aliphatic rings. The smallest absolute Gasteiger partial charge is 0.224 e. The number of benzene rings is 1. The number of nitrogens with one attached hydrogen (secondary N) is 1. The average Bonchev–Trinajstić information content (AvgIpc) is 2.76. The van der Waals surface area contributed by atoms with Crippen molar-refractivity contribution in [2.24, 2.45) is 27.9 Å². The molecule has 0 bridgehead atoms. The van der Waals surface area contributed by atoms with Crippen LogP contribution in [-0.2, 0) is 16.1 Å². The van der Waals surface area contributed by atoms with Gasteiger partial charge in [-0.15, -0.1) is 0 Å². The monoisotopic (exact) mass is 497 g/mol. The molecule has 0 aliphatic heterocycles. The van der Waals surface area contributed by atoms with Crippen molar-refractivity contribution in [3.05, 3.63) is 40.9 Å². The van der Waals surface area contributed by atoms with Crippen LogP contribution in [0.25, 0.3) is 0 Å². The molecule has 0 fully saturated rings. The molecule has 9 nitrogen and oxygen atoms in total. The van der Waals surface area contributed by atoms with Crippen molar-refractivity contribution < 1.29 is 9.59 Å². The lowest BCUT2D eigenvalue weighted by Crippen LogP contribution is -2.32. The number of unbranched alkanes of at least 4 members (excludes halogenated alkanes) is 1. The summed E-state index contributed by atoms with van der Waals surface area (Å²) >= 11 is 6.00. The highest BCUT2D eigenvalue weighted by atomic mass is 35.5. The van der Waals surface area contributed by atoms with E-state index in [9.17, 15) is 9.59 Å². The number of nitrogens with zero attached hydrogens (tertiary/aromatic N) is 3. The molecule has 0 saturated heterocycles. The number of likely N-dealkylation sites (N-methyl/N-ethyl adjacent to an activating group) is 1. The average molecular weight is 498 g/mol. The van der Waals surface area contributed by atoms with Crippen LogP contribution in [0, 0.1) is 5.41 Å². The fourth-order valence-corrected chi connectivity index (χ4v) is 2.73. The van der Waals surface area contributed by atoms with Gasteiger partial charge in [0.25, 0.3) is 0 Å². The van der Waals surface area contributed by atoms with Crippen molar-refractivity contribution in [1.29, 1.82) is 0 Å². The molecule has 0 unspecified atom stereocenters. The number of rotatable bonds is 11. The molecule has 7 N–H and O–H groups in total. The SMILES string of the molecule is CC(C)(C)CCCC=O.CN.CN(C)C/C=C\CC(=O)NCc1cc(Cl)ccc1N(N)/C=N\N. The molecule has 1 aromatic rings. The van der Waals surface area contributed by atoms with Gasteiger partial charge in [-0.2, -0.15) is 5.10 Å². The fraction of sp³-hybridized carbons (Fsp3) is 0.542. The van der Waals surface area contributed by atoms with Crippen LogP contribution in [0.3, 0.4) is 0 Å². The summed E-state index contributed by atoms with van der Waals surface area (Å²) in [6.07, 6.45) is 9.27. The maximum absolute atomic E-state index is 11.9. The maximum Gasteiger partial charge on any atom is 0.224 e. The Morgan fingerprint density at radius 2 is 1.85 bits per heavy atom. The molecule has 10 heteroatoms. The number of hydrazone groups is 1. The zero-order chi connectivity index (χ0) is 26.6. The van der Waals surface area contributed by atoms with Crippen LogP contribution in [0.5, 0.6) is 0 Å². The van der Waals surface area contributed by atoms with E-state index in [0.717, 1.165) is 37.7 Å². The van der Waals surface area contributed by atoms with E-state index in [1.54, 1.807) is 18.2 Å². The van der Waals surface area contributed by atoms with Gasteiger partial charge in [0, 0.05) is 31.0 Å². The Morgan fingerprint density at radius 3 is 2.38 bits per heavy atom. The molecule has 0 aliphatic carbocycles. The van der Waals surface area contributed by atoms with Crippen LogP contribution in [-0.4, -0.2) is 51.1 Å². The van der Waals surface area contributed by atoms with E-state index in [1.165, 1.54) is 18.4 Å². The van der Waals surface area contributed by atoms with E-state index in [1.807, 2.05) is 31.1 Å². The molecule has 1 amide bonds. The number of anilines is 1. The van der Waals surface area contributed by atoms with Gasteiger partial charge in [0.2, 0.25) is 5.91 Å². The lowest BCUT2D eigenvalue weighted by molar-refractivity contribution is -0.120. The number of halogens is 1.